The highest BCUT2D eigenvalue weighted by molar-refractivity contribution is 6.43. The number of carbonyl (C=O) groups is 4. The molecule has 4 rings (SSSR count). The van der Waals surface area contributed by atoms with Gasteiger partial charge in [0.1, 0.15) is 5.57 Å². The van der Waals surface area contributed by atoms with Gasteiger partial charge >= 0.3 is 6.03 Å². The van der Waals surface area contributed by atoms with Crippen molar-refractivity contribution >= 4 is 76.0 Å². The summed E-state index contributed by atoms with van der Waals surface area (Å²) in [5.74, 6) is -1.61. The standard InChI is InChI=1S/C27H20Cl3N3O6/c1-2-38-23-12-15(7-10-22(23)39-14-24(34)31-21-6-4-3-5-19(21)29)11-17-25(35)32-27(37)33(26(17)36)16-8-9-18(28)20(30)13-16/h3-13H,2,14H2,1H3,(H,31,34)(H,32,35,37)/b17-11-. The Morgan fingerprint density at radius 1 is 0.923 bits per heavy atom. The number of nitrogens with zero attached hydrogens (tertiary/aromatic N) is 1. The van der Waals surface area contributed by atoms with Crippen LogP contribution in [0.1, 0.15) is 12.5 Å². The van der Waals surface area contributed by atoms with Crippen LogP contribution in [0.15, 0.2) is 66.2 Å². The molecule has 39 heavy (non-hydrogen) atoms. The maximum Gasteiger partial charge on any atom is 0.335 e. The first-order chi connectivity index (χ1) is 18.7. The summed E-state index contributed by atoms with van der Waals surface area (Å²) in [6.45, 7) is 1.71. The Kier molecular flexibility index (Phi) is 8.75. The summed E-state index contributed by atoms with van der Waals surface area (Å²) in [5, 5.41) is 5.56. The van der Waals surface area contributed by atoms with Crippen LogP contribution in [0.5, 0.6) is 11.5 Å². The smallest absolute Gasteiger partial charge is 0.335 e. The van der Waals surface area contributed by atoms with Crippen LogP contribution in [0.3, 0.4) is 0 Å². The van der Waals surface area contributed by atoms with E-state index in [4.69, 9.17) is 44.3 Å². The number of nitrogens with one attached hydrogen (secondary N) is 2. The molecule has 9 nitrogen and oxygen atoms in total. The molecule has 1 aliphatic rings. The topological polar surface area (TPSA) is 114 Å². The highest BCUT2D eigenvalue weighted by Crippen LogP contribution is 2.32. The summed E-state index contributed by atoms with van der Waals surface area (Å²) >= 11 is 18.0. The molecule has 0 spiro atoms. The van der Waals surface area contributed by atoms with Crippen molar-refractivity contribution in [3.63, 3.8) is 0 Å². The molecular formula is C27H20Cl3N3O6. The van der Waals surface area contributed by atoms with Gasteiger partial charge in [-0.1, -0.05) is 53.0 Å². The fraction of sp³-hybridized carbons (Fsp3) is 0.111. The first kappa shape index (κ1) is 28.0. The summed E-state index contributed by atoms with van der Waals surface area (Å²) in [5.41, 5.74) is 0.701. The number of para-hydroxylation sites is 1. The van der Waals surface area contributed by atoms with E-state index < -0.39 is 23.8 Å². The van der Waals surface area contributed by atoms with E-state index in [0.717, 1.165) is 4.90 Å². The average molecular weight is 589 g/mol. The molecule has 0 saturated carbocycles. The molecule has 0 bridgehead atoms. The van der Waals surface area contributed by atoms with Gasteiger partial charge in [-0.25, -0.2) is 9.69 Å². The highest BCUT2D eigenvalue weighted by Gasteiger charge is 2.37. The van der Waals surface area contributed by atoms with E-state index in [2.05, 4.69) is 10.6 Å². The monoisotopic (exact) mass is 587 g/mol. The summed E-state index contributed by atoms with van der Waals surface area (Å²) in [6, 6.07) is 14.7. The number of imide groups is 2. The number of ether oxygens (including phenoxy) is 2. The molecule has 3 aromatic rings. The van der Waals surface area contributed by atoms with Crippen molar-refractivity contribution in [1.29, 1.82) is 0 Å². The predicted octanol–water partition coefficient (Wildman–Crippen LogP) is 5.73. The maximum atomic E-state index is 13.2. The normalized spacial score (nSPS) is 14.3. The van der Waals surface area contributed by atoms with Crippen LogP contribution in [0, 0.1) is 0 Å². The molecule has 0 atom stereocenters. The van der Waals surface area contributed by atoms with Crippen molar-refractivity contribution in [2.45, 2.75) is 6.92 Å². The lowest BCUT2D eigenvalue weighted by atomic mass is 10.1. The quantitative estimate of drug-likeness (QED) is 0.257. The van der Waals surface area contributed by atoms with E-state index >= 15 is 0 Å². The van der Waals surface area contributed by atoms with Gasteiger partial charge in [0, 0.05) is 0 Å². The second-order valence-corrected chi connectivity index (χ2v) is 9.23. The first-order valence-corrected chi connectivity index (χ1v) is 12.6. The Labute approximate surface area is 238 Å². The zero-order valence-electron chi connectivity index (χ0n) is 20.3. The molecule has 200 valence electrons. The van der Waals surface area contributed by atoms with Crippen LogP contribution < -0.4 is 25.0 Å². The van der Waals surface area contributed by atoms with Gasteiger partial charge in [0.05, 0.1) is 33.0 Å². The lowest BCUT2D eigenvalue weighted by Crippen LogP contribution is -2.54. The summed E-state index contributed by atoms with van der Waals surface area (Å²) in [4.78, 5) is 51.3. The van der Waals surface area contributed by atoms with Gasteiger partial charge in [-0.15, -0.1) is 0 Å². The molecule has 0 aromatic heterocycles. The molecule has 5 amide bonds. The van der Waals surface area contributed by atoms with Crippen molar-refractivity contribution in [1.82, 2.24) is 5.32 Å². The maximum absolute atomic E-state index is 13.2. The van der Waals surface area contributed by atoms with Crippen molar-refractivity contribution in [3.8, 4) is 11.5 Å². The van der Waals surface area contributed by atoms with Crippen LogP contribution in [0.25, 0.3) is 6.08 Å². The molecule has 0 radical (unpaired) electrons. The Morgan fingerprint density at radius 2 is 1.69 bits per heavy atom. The van der Waals surface area contributed by atoms with Gasteiger partial charge in [0.2, 0.25) is 0 Å². The lowest BCUT2D eigenvalue weighted by molar-refractivity contribution is -0.122. The third-order valence-electron chi connectivity index (χ3n) is 5.35. The number of carbonyl (C=O) groups excluding carboxylic acids is 4. The summed E-state index contributed by atoms with van der Waals surface area (Å²) in [6.07, 6.45) is 1.31. The lowest BCUT2D eigenvalue weighted by Gasteiger charge is -2.26. The number of rotatable bonds is 8. The third-order valence-corrected chi connectivity index (χ3v) is 6.42. The first-order valence-electron chi connectivity index (χ1n) is 11.5. The van der Waals surface area contributed by atoms with Crippen LogP contribution in [0.2, 0.25) is 15.1 Å². The molecule has 1 heterocycles. The van der Waals surface area contributed by atoms with Gasteiger partial charge in [-0.3, -0.25) is 19.7 Å². The molecule has 3 aromatic carbocycles. The second kappa shape index (κ2) is 12.2. The van der Waals surface area contributed by atoms with E-state index in [1.165, 1.54) is 36.4 Å². The van der Waals surface area contributed by atoms with Crippen molar-refractivity contribution in [2.75, 3.05) is 23.4 Å². The van der Waals surface area contributed by atoms with Gasteiger partial charge in [-0.05, 0) is 61.0 Å². The van der Waals surface area contributed by atoms with Crippen molar-refractivity contribution < 1.29 is 28.7 Å². The number of anilines is 2. The number of barbiturate groups is 1. The third kappa shape index (κ3) is 6.51. The van der Waals surface area contributed by atoms with Crippen molar-refractivity contribution in [3.05, 3.63) is 86.9 Å². The van der Waals surface area contributed by atoms with E-state index in [1.807, 2.05) is 0 Å². The largest absolute Gasteiger partial charge is 0.490 e. The predicted molar refractivity (Wildman–Crippen MR) is 149 cm³/mol. The average Bonchev–Trinajstić information content (AvgIpc) is 2.89. The van der Waals surface area contributed by atoms with Crippen molar-refractivity contribution in [2.24, 2.45) is 0 Å². The van der Waals surface area contributed by atoms with Gasteiger partial charge in [0.15, 0.2) is 18.1 Å². The van der Waals surface area contributed by atoms with Gasteiger partial charge in [0.25, 0.3) is 17.7 Å². The molecule has 1 aliphatic heterocycles. The van der Waals surface area contributed by atoms with E-state index in [1.54, 1.807) is 37.3 Å². The van der Waals surface area contributed by atoms with Crippen LogP contribution in [-0.2, 0) is 14.4 Å². The Balaban J connectivity index is 1.55. The minimum Gasteiger partial charge on any atom is -0.490 e. The molecule has 2 N–H and O–H groups in total. The van der Waals surface area contributed by atoms with E-state index in [0.29, 0.717) is 16.3 Å². The van der Waals surface area contributed by atoms with Crippen LogP contribution >= 0.6 is 34.8 Å². The Bertz CT molecular complexity index is 1510. The van der Waals surface area contributed by atoms with E-state index in [9.17, 15) is 19.2 Å². The fourth-order valence-corrected chi connectivity index (χ4v) is 4.05. The molecular weight excluding hydrogens is 569 g/mol. The second-order valence-electron chi connectivity index (χ2n) is 8.01. The zero-order valence-corrected chi connectivity index (χ0v) is 22.6. The number of benzene rings is 3. The summed E-state index contributed by atoms with van der Waals surface area (Å²) in [7, 11) is 0. The number of urea groups is 1. The molecule has 12 heteroatoms. The highest BCUT2D eigenvalue weighted by atomic mass is 35.5. The van der Waals surface area contributed by atoms with Crippen LogP contribution in [-0.4, -0.2) is 37.0 Å². The number of amides is 5. The zero-order chi connectivity index (χ0) is 28.1. The molecule has 1 saturated heterocycles. The molecule has 0 unspecified atom stereocenters. The van der Waals surface area contributed by atoms with Gasteiger partial charge < -0.3 is 14.8 Å². The summed E-state index contributed by atoms with van der Waals surface area (Å²) < 4.78 is 11.3. The van der Waals surface area contributed by atoms with Gasteiger partial charge in [-0.2, -0.15) is 0 Å². The number of halogens is 3. The molecule has 0 aliphatic carbocycles. The van der Waals surface area contributed by atoms with Crippen LogP contribution in [0.4, 0.5) is 16.2 Å². The minimum atomic E-state index is -0.922. The minimum absolute atomic E-state index is 0.134. The SMILES string of the molecule is CCOc1cc(/C=C2/C(=O)NC(=O)N(c3ccc(Cl)c(Cl)c3)C2=O)ccc1OCC(=O)Nc1ccccc1Cl. The van der Waals surface area contributed by atoms with E-state index in [-0.39, 0.29) is 46.0 Å². The number of hydrogen-bond acceptors (Lipinski definition) is 6. The molecule has 1 fully saturated rings. The Morgan fingerprint density at radius 3 is 2.41 bits per heavy atom. The fourth-order valence-electron chi connectivity index (χ4n) is 3.58. The Hall–Kier alpha value is -4.05. The number of hydrogen-bond donors (Lipinski definition) is 2.